The van der Waals surface area contributed by atoms with Crippen LogP contribution in [0.3, 0.4) is 0 Å². The summed E-state index contributed by atoms with van der Waals surface area (Å²) >= 11 is 1.74. The van der Waals surface area contributed by atoms with Gasteiger partial charge in [-0.1, -0.05) is 127 Å². The molecule has 0 saturated carbocycles. The highest BCUT2D eigenvalue weighted by Gasteiger charge is 2.22. The minimum absolute atomic E-state index is 0.684. The molecule has 11 rings (SSSR count). The van der Waals surface area contributed by atoms with E-state index in [-0.39, 0.29) is 0 Å². The van der Waals surface area contributed by atoms with Crippen molar-refractivity contribution >= 4 is 75.3 Å². The van der Waals surface area contributed by atoms with Crippen molar-refractivity contribution in [1.29, 1.82) is 0 Å². The highest BCUT2D eigenvalue weighted by atomic mass is 32.1. The zero-order valence-electron chi connectivity index (χ0n) is 27.4. The van der Waals surface area contributed by atoms with Crippen molar-refractivity contribution in [3.05, 3.63) is 170 Å². The molecule has 0 atom stereocenters. The maximum atomic E-state index is 5.27. The van der Waals surface area contributed by atoms with Crippen LogP contribution < -0.4 is 0 Å². The van der Waals surface area contributed by atoms with Crippen LogP contribution in [0.2, 0.25) is 0 Å². The van der Waals surface area contributed by atoms with E-state index >= 15 is 0 Å². The summed E-state index contributed by atoms with van der Waals surface area (Å²) in [7, 11) is 0. The van der Waals surface area contributed by atoms with Gasteiger partial charge in [-0.15, -0.1) is 11.3 Å². The molecule has 51 heavy (non-hydrogen) atoms. The number of fused-ring (bicyclic) bond motifs is 10. The highest BCUT2D eigenvalue weighted by Crippen LogP contribution is 2.42. The number of para-hydroxylation sites is 2. The third kappa shape index (κ3) is 4.25. The first-order chi connectivity index (χ1) is 25.3. The summed E-state index contributed by atoms with van der Waals surface area (Å²) in [6, 6.07) is 58.7. The maximum absolute atomic E-state index is 5.27. The molecule has 5 heteroatoms. The molecular formula is C46H28N4S. The predicted molar refractivity (Wildman–Crippen MR) is 214 cm³/mol. The molecule has 0 saturated heterocycles. The molecule has 4 aromatic heterocycles. The van der Waals surface area contributed by atoms with Crippen LogP contribution in [-0.2, 0) is 0 Å². The summed E-state index contributed by atoms with van der Waals surface area (Å²) in [5.74, 6) is 0.684. The summed E-state index contributed by atoms with van der Waals surface area (Å²) in [5.41, 5.74) is 11.5. The first-order valence-corrected chi connectivity index (χ1v) is 18.0. The molecule has 238 valence electrons. The SMILES string of the molecule is c1ccc(-c2ccc(-c3ccc(-n4c5ccccc5c5c4ccc4c6ccccc6n(-c6ncc7sc8ccccc8c7n6)c45)cc3)cc2)cc1. The van der Waals surface area contributed by atoms with Gasteiger partial charge in [0.2, 0.25) is 5.95 Å². The van der Waals surface area contributed by atoms with Gasteiger partial charge in [-0.25, -0.2) is 9.97 Å². The Morgan fingerprint density at radius 3 is 1.75 bits per heavy atom. The van der Waals surface area contributed by atoms with E-state index in [4.69, 9.17) is 9.97 Å². The van der Waals surface area contributed by atoms with Gasteiger partial charge in [0.15, 0.2) is 0 Å². The topological polar surface area (TPSA) is 35.6 Å². The van der Waals surface area contributed by atoms with E-state index in [1.54, 1.807) is 11.3 Å². The van der Waals surface area contributed by atoms with Crippen LogP contribution in [0.5, 0.6) is 0 Å². The number of hydrogen-bond donors (Lipinski definition) is 0. The van der Waals surface area contributed by atoms with Gasteiger partial charge in [0.1, 0.15) is 0 Å². The summed E-state index contributed by atoms with van der Waals surface area (Å²) < 4.78 is 6.99. The molecule has 0 amide bonds. The van der Waals surface area contributed by atoms with Crippen LogP contribution in [0.1, 0.15) is 0 Å². The fraction of sp³-hybridized carbons (Fsp3) is 0. The molecular weight excluding hydrogens is 641 g/mol. The number of thiophene rings is 1. The number of benzene rings is 7. The lowest BCUT2D eigenvalue weighted by Gasteiger charge is -2.10. The van der Waals surface area contributed by atoms with Crippen molar-refractivity contribution in [2.24, 2.45) is 0 Å². The third-order valence-corrected chi connectivity index (χ3v) is 11.3. The average Bonchev–Trinajstić information content (AvgIpc) is 3.86. The van der Waals surface area contributed by atoms with Crippen molar-refractivity contribution in [1.82, 2.24) is 19.1 Å². The van der Waals surface area contributed by atoms with Crippen molar-refractivity contribution in [2.45, 2.75) is 0 Å². The molecule has 0 spiro atoms. The van der Waals surface area contributed by atoms with Gasteiger partial charge in [0.05, 0.1) is 38.5 Å². The first kappa shape index (κ1) is 28.3. The molecule has 0 unspecified atom stereocenters. The van der Waals surface area contributed by atoms with E-state index in [2.05, 4.69) is 173 Å². The lowest BCUT2D eigenvalue weighted by molar-refractivity contribution is 1.02. The normalized spacial score (nSPS) is 11.9. The molecule has 0 aliphatic carbocycles. The van der Waals surface area contributed by atoms with Crippen LogP contribution >= 0.6 is 11.3 Å². The van der Waals surface area contributed by atoms with Gasteiger partial charge in [-0.3, -0.25) is 4.57 Å². The van der Waals surface area contributed by atoms with E-state index in [0.29, 0.717) is 5.95 Å². The smallest absolute Gasteiger partial charge is 0.235 e. The van der Waals surface area contributed by atoms with E-state index in [1.165, 1.54) is 53.9 Å². The molecule has 0 aliphatic heterocycles. The molecule has 4 heterocycles. The van der Waals surface area contributed by atoms with E-state index in [0.717, 1.165) is 38.0 Å². The largest absolute Gasteiger partial charge is 0.309 e. The second-order valence-electron chi connectivity index (χ2n) is 13.0. The molecule has 7 aromatic carbocycles. The molecule has 0 radical (unpaired) electrons. The van der Waals surface area contributed by atoms with E-state index < -0.39 is 0 Å². The summed E-state index contributed by atoms with van der Waals surface area (Å²) in [5, 5.41) is 5.93. The van der Waals surface area contributed by atoms with E-state index in [1.807, 2.05) is 6.20 Å². The van der Waals surface area contributed by atoms with Gasteiger partial charge in [0.25, 0.3) is 0 Å². The van der Waals surface area contributed by atoms with Crippen molar-refractivity contribution in [2.75, 3.05) is 0 Å². The Bertz CT molecular complexity index is 3110. The van der Waals surface area contributed by atoms with Gasteiger partial charge in [-0.2, -0.15) is 0 Å². The number of aromatic nitrogens is 4. The van der Waals surface area contributed by atoms with Gasteiger partial charge in [-0.05, 0) is 58.7 Å². The Morgan fingerprint density at radius 2 is 1.00 bits per heavy atom. The van der Waals surface area contributed by atoms with E-state index in [9.17, 15) is 0 Å². The minimum atomic E-state index is 0.684. The zero-order valence-corrected chi connectivity index (χ0v) is 28.2. The van der Waals surface area contributed by atoms with Crippen LogP contribution in [0, 0.1) is 0 Å². The summed E-state index contributed by atoms with van der Waals surface area (Å²) in [4.78, 5) is 10.3. The molecule has 0 N–H and O–H groups in total. The molecule has 11 aromatic rings. The maximum Gasteiger partial charge on any atom is 0.235 e. The number of nitrogens with zero attached hydrogens (tertiary/aromatic N) is 4. The Labute approximate surface area is 297 Å². The standard InChI is InChI=1S/C46H28N4S/c1-2-10-29(11-3-1)30-18-20-31(21-19-30)32-22-24-33(25-23-32)49-39-16-8-5-13-36(39)43-40(49)27-26-35-34-12-4-7-15-38(34)50(45(35)43)46-47-28-42-44(48-46)37-14-6-9-17-41(37)51-42/h1-28H. The number of hydrogen-bond acceptors (Lipinski definition) is 3. The Hall–Kier alpha value is -6.56. The van der Waals surface area contributed by atoms with Crippen molar-refractivity contribution in [3.63, 3.8) is 0 Å². The Balaban J connectivity index is 1.12. The zero-order chi connectivity index (χ0) is 33.5. The second kappa shape index (κ2) is 11.0. The van der Waals surface area contributed by atoms with Gasteiger partial charge < -0.3 is 4.57 Å². The Morgan fingerprint density at radius 1 is 0.412 bits per heavy atom. The van der Waals surface area contributed by atoms with Crippen LogP contribution in [-0.4, -0.2) is 19.1 Å². The Kier molecular flexibility index (Phi) is 6.09. The second-order valence-corrected chi connectivity index (χ2v) is 14.1. The van der Waals surface area contributed by atoms with Crippen molar-refractivity contribution < 1.29 is 0 Å². The minimum Gasteiger partial charge on any atom is -0.309 e. The molecule has 4 nitrogen and oxygen atoms in total. The summed E-state index contributed by atoms with van der Waals surface area (Å²) in [6.45, 7) is 0. The average molecular weight is 669 g/mol. The fourth-order valence-corrected chi connectivity index (χ4v) is 8.91. The van der Waals surface area contributed by atoms with Gasteiger partial charge in [0, 0.05) is 37.3 Å². The molecule has 0 bridgehead atoms. The summed E-state index contributed by atoms with van der Waals surface area (Å²) in [6.07, 6.45) is 1.99. The lowest BCUT2D eigenvalue weighted by atomic mass is 10.0. The quantitative estimate of drug-likeness (QED) is 0.187. The monoisotopic (exact) mass is 668 g/mol. The molecule has 0 aliphatic rings. The van der Waals surface area contributed by atoms with Crippen LogP contribution in [0.25, 0.3) is 97.8 Å². The third-order valence-electron chi connectivity index (χ3n) is 10.2. The fourth-order valence-electron chi connectivity index (χ4n) is 7.89. The van der Waals surface area contributed by atoms with Crippen LogP contribution in [0.4, 0.5) is 0 Å². The predicted octanol–water partition coefficient (Wildman–Crippen LogP) is 12.4. The first-order valence-electron chi connectivity index (χ1n) is 17.2. The van der Waals surface area contributed by atoms with Crippen LogP contribution in [0.15, 0.2) is 170 Å². The lowest BCUT2D eigenvalue weighted by Crippen LogP contribution is -2.01. The molecule has 0 fully saturated rings. The van der Waals surface area contributed by atoms with Crippen molar-refractivity contribution in [3.8, 4) is 33.9 Å². The van der Waals surface area contributed by atoms with Gasteiger partial charge >= 0.3 is 0 Å². The highest BCUT2D eigenvalue weighted by molar-refractivity contribution is 7.25. The number of rotatable bonds is 4.